The minimum absolute atomic E-state index is 0.113. The van der Waals surface area contributed by atoms with E-state index in [4.69, 9.17) is 26.8 Å². The number of fused-ring (bicyclic) bond motifs is 1. The third-order valence-corrected chi connectivity index (χ3v) is 5.45. The molecule has 29 heavy (non-hydrogen) atoms. The van der Waals surface area contributed by atoms with E-state index in [2.05, 4.69) is 17.4 Å². The first-order valence-electron chi connectivity index (χ1n) is 9.60. The number of carbonyl (C=O) groups excluding carboxylic acids is 2. The molecule has 1 atom stereocenters. The fourth-order valence-corrected chi connectivity index (χ4v) is 3.66. The number of halogens is 1. The van der Waals surface area contributed by atoms with Crippen LogP contribution in [-0.4, -0.2) is 25.6 Å². The fourth-order valence-electron chi connectivity index (χ4n) is 3.50. The van der Waals surface area contributed by atoms with Gasteiger partial charge in [-0.15, -0.1) is 0 Å². The van der Waals surface area contributed by atoms with Gasteiger partial charge in [0.15, 0.2) is 6.61 Å². The number of carbonyl (C=O) groups is 2. The van der Waals surface area contributed by atoms with Crippen molar-refractivity contribution in [1.29, 1.82) is 0 Å². The number of ether oxygens (including phenoxy) is 2. The summed E-state index contributed by atoms with van der Waals surface area (Å²) >= 11 is 5.97. The maximum atomic E-state index is 12.3. The van der Waals surface area contributed by atoms with Crippen LogP contribution in [0.3, 0.4) is 0 Å². The summed E-state index contributed by atoms with van der Waals surface area (Å²) in [6.45, 7) is 1.51. The van der Waals surface area contributed by atoms with Gasteiger partial charge in [-0.2, -0.15) is 0 Å². The Morgan fingerprint density at radius 3 is 2.62 bits per heavy atom. The first kappa shape index (κ1) is 21.0. The highest BCUT2D eigenvalue weighted by atomic mass is 35.5. The number of methoxy groups -OCH3 is 1. The molecule has 0 heterocycles. The Labute approximate surface area is 175 Å². The fraction of sp³-hybridized carbons (Fsp3) is 0.364. The van der Waals surface area contributed by atoms with Crippen molar-refractivity contribution >= 4 is 29.2 Å². The van der Waals surface area contributed by atoms with E-state index in [0.717, 1.165) is 18.4 Å². The van der Waals surface area contributed by atoms with Crippen molar-refractivity contribution in [2.75, 3.05) is 19.5 Å². The third-order valence-electron chi connectivity index (χ3n) is 5.12. The predicted octanol–water partition coefficient (Wildman–Crippen LogP) is 3.84. The molecule has 0 aliphatic heterocycles. The Kier molecular flexibility index (Phi) is 6.64. The lowest BCUT2D eigenvalue weighted by molar-refractivity contribution is -0.124. The average Bonchev–Trinajstić information content (AvgIpc) is 2.73. The molecule has 0 unspecified atom stereocenters. The Balaban J connectivity index is 1.58. The standard InChI is InChI=1S/C22H25ClN2O4/c1-13(15-8-7-14-5-3-4-6-16(14)9-15)25-21(26)12-29-22(27)17-10-18(23)19(24)11-20(17)28-2/h7-11,13H,3-6,12,24H2,1-2H3,(H,25,26)/t13-/m1/s1. The molecule has 2 aromatic rings. The molecule has 1 amide bonds. The molecular formula is C22H25ClN2O4. The molecule has 0 bridgehead atoms. The summed E-state index contributed by atoms with van der Waals surface area (Å²) in [5.41, 5.74) is 9.90. The van der Waals surface area contributed by atoms with Crippen molar-refractivity contribution < 1.29 is 19.1 Å². The quantitative estimate of drug-likeness (QED) is 0.551. The number of esters is 1. The van der Waals surface area contributed by atoms with Crippen LogP contribution in [-0.2, 0) is 22.4 Å². The molecule has 0 saturated carbocycles. The molecule has 154 valence electrons. The second-order valence-corrected chi connectivity index (χ2v) is 7.58. The molecular weight excluding hydrogens is 392 g/mol. The zero-order valence-corrected chi connectivity index (χ0v) is 17.3. The van der Waals surface area contributed by atoms with Crippen molar-refractivity contribution in [3.05, 3.63) is 57.6 Å². The number of nitrogens with one attached hydrogen (secondary N) is 1. The van der Waals surface area contributed by atoms with E-state index < -0.39 is 12.6 Å². The van der Waals surface area contributed by atoms with Gasteiger partial charge in [-0.05, 0) is 55.4 Å². The number of nitrogen functional groups attached to an aromatic ring is 1. The number of nitrogens with two attached hydrogens (primary N) is 1. The predicted molar refractivity (Wildman–Crippen MR) is 112 cm³/mol. The lowest BCUT2D eigenvalue weighted by Crippen LogP contribution is -2.31. The summed E-state index contributed by atoms with van der Waals surface area (Å²) in [6.07, 6.45) is 4.62. The molecule has 2 aromatic carbocycles. The zero-order valence-electron chi connectivity index (χ0n) is 16.6. The molecule has 0 fully saturated rings. The van der Waals surface area contributed by atoms with Gasteiger partial charge in [0.05, 0.1) is 23.9 Å². The molecule has 6 nitrogen and oxygen atoms in total. The number of hydrogen-bond acceptors (Lipinski definition) is 5. The van der Waals surface area contributed by atoms with E-state index in [1.165, 1.54) is 43.2 Å². The summed E-state index contributed by atoms with van der Waals surface area (Å²) < 4.78 is 10.3. The molecule has 0 radical (unpaired) electrons. The van der Waals surface area contributed by atoms with Gasteiger partial charge >= 0.3 is 5.97 Å². The summed E-state index contributed by atoms with van der Waals surface area (Å²) in [7, 11) is 1.41. The Bertz CT molecular complexity index is 929. The Hall–Kier alpha value is -2.73. The first-order chi connectivity index (χ1) is 13.9. The normalized spacial score (nSPS) is 13.9. The molecule has 0 saturated heterocycles. The number of anilines is 1. The van der Waals surface area contributed by atoms with Crippen LogP contribution >= 0.6 is 11.6 Å². The molecule has 1 aliphatic carbocycles. The highest BCUT2D eigenvalue weighted by molar-refractivity contribution is 6.33. The maximum absolute atomic E-state index is 12.3. The van der Waals surface area contributed by atoms with Crippen LogP contribution in [0.4, 0.5) is 5.69 Å². The topological polar surface area (TPSA) is 90.7 Å². The summed E-state index contributed by atoms with van der Waals surface area (Å²) in [6, 6.07) is 8.97. The van der Waals surface area contributed by atoms with Gasteiger partial charge in [-0.3, -0.25) is 4.79 Å². The Morgan fingerprint density at radius 2 is 1.90 bits per heavy atom. The SMILES string of the molecule is COc1cc(N)c(Cl)cc1C(=O)OCC(=O)N[C@H](C)c1ccc2c(c1)CCCC2. The largest absolute Gasteiger partial charge is 0.496 e. The van der Waals surface area contributed by atoms with Crippen LogP contribution < -0.4 is 15.8 Å². The van der Waals surface area contributed by atoms with Crippen molar-refractivity contribution in [2.24, 2.45) is 0 Å². The van der Waals surface area contributed by atoms with Crippen LogP contribution in [0, 0.1) is 0 Å². The summed E-state index contributed by atoms with van der Waals surface area (Å²) in [5, 5.41) is 3.08. The number of aryl methyl sites for hydroxylation is 2. The minimum Gasteiger partial charge on any atom is -0.496 e. The third kappa shape index (κ3) is 5.01. The smallest absolute Gasteiger partial charge is 0.342 e. The summed E-state index contributed by atoms with van der Waals surface area (Å²) in [5.74, 6) is -0.857. The monoisotopic (exact) mass is 416 g/mol. The summed E-state index contributed by atoms with van der Waals surface area (Å²) in [4.78, 5) is 24.6. The lowest BCUT2D eigenvalue weighted by atomic mass is 9.89. The van der Waals surface area contributed by atoms with E-state index in [0.29, 0.717) is 0 Å². The van der Waals surface area contributed by atoms with Crippen molar-refractivity contribution in [3.8, 4) is 5.75 Å². The molecule has 1 aliphatic rings. The Morgan fingerprint density at radius 1 is 1.17 bits per heavy atom. The van der Waals surface area contributed by atoms with Gasteiger partial charge in [0.2, 0.25) is 0 Å². The molecule has 3 rings (SSSR count). The average molecular weight is 417 g/mol. The van der Waals surface area contributed by atoms with Crippen LogP contribution in [0.5, 0.6) is 5.75 Å². The van der Waals surface area contributed by atoms with E-state index in [-0.39, 0.29) is 34.0 Å². The van der Waals surface area contributed by atoms with Crippen LogP contribution in [0.25, 0.3) is 0 Å². The van der Waals surface area contributed by atoms with Crippen molar-refractivity contribution in [2.45, 2.75) is 38.6 Å². The molecule has 7 heteroatoms. The lowest BCUT2D eigenvalue weighted by Gasteiger charge is -2.20. The molecule has 0 spiro atoms. The second-order valence-electron chi connectivity index (χ2n) is 7.17. The van der Waals surface area contributed by atoms with Crippen molar-refractivity contribution in [1.82, 2.24) is 5.32 Å². The highest BCUT2D eigenvalue weighted by Crippen LogP contribution is 2.29. The zero-order chi connectivity index (χ0) is 21.0. The number of hydrogen-bond donors (Lipinski definition) is 2. The van der Waals surface area contributed by atoms with Gasteiger partial charge < -0.3 is 20.5 Å². The number of benzene rings is 2. The number of rotatable bonds is 6. The van der Waals surface area contributed by atoms with E-state index in [1.54, 1.807) is 0 Å². The maximum Gasteiger partial charge on any atom is 0.342 e. The van der Waals surface area contributed by atoms with Crippen LogP contribution in [0.1, 0.15) is 52.9 Å². The van der Waals surface area contributed by atoms with Crippen LogP contribution in [0.2, 0.25) is 5.02 Å². The first-order valence-corrected chi connectivity index (χ1v) is 9.98. The van der Waals surface area contributed by atoms with Gasteiger partial charge in [-0.1, -0.05) is 29.8 Å². The van der Waals surface area contributed by atoms with Crippen LogP contribution in [0.15, 0.2) is 30.3 Å². The minimum atomic E-state index is -0.708. The van der Waals surface area contributed by atoms with Gasteiger partial charge in [0.1, 0.15) is 11.3 Å². The van der Waals surface area contributed by atoms with Gasteiger partial charge in [0, 0.05) is 6.07 Å². The van der Waals surface area contributed by atoms with E-state index in [9.17, 15) is 9.59 Å². The molecule has 3 N–H and O–H groups in total. The van der Waals surface area contributed by atoms with E-state index >= 15 is 0 Å². The van der Waals surface area contributed by atoms with Crippen molar-refractivity contribution in [3.63, 3.8) is 0 Å². The molecule has 0 aromatic heterocycles. The van der Waals surface area contributed by atoms with Gasteiger partial charge in [0.25, 0.3) is 5.91 Å². The second kappa shape index (κ2) is 9.18. The van der Waals surface area contributed by atoms with Gasteiger partial charge in [-0.25, -0.2) is 4.79 Å². The van der Waals surface area contributed by atoms with E-state index in [1.807, 2.05) is 13.0 Å². The number of amides is 1. The highest BCUT2D eigenvalue weighted by Gasteiger charge is 2.19.